The first-order valence-corrected chi connectivity index (χ1v) is 8.69. The van der Waals surface area contributed by atoms with Gasteiger partial charge in [0, 0.05) is 6.42 Å². The van der Waals surface area contributed by atoms with Gasteiger partial charge in [-0.1, -0.05) is 47.7 Å². The number of carboxylic acid groups (broad SMARTS) is 2. The summed E-state index contributed by atoms with van der Waals surface area (Å²) < 4.78 is 0. The molecule has 9 nitrogen and oxygen atoms in total. The fourth-order valence-corrected chi connectivity index (χ4v) is 2.39. The summed E-state index contributed by atoms with van der Waals surface area (Å²) in [7, 11) is 2.73. The standard InChI is InChI=1S/C11H15NO4.C9H11NO3/c1-15-12(16-2)10(11(13)14)8-9-6-4-3-5-7-9;10-8(9(12)13)5-6-1-3-7(11)4-2-6/h3-7,10H,8H2,1-2H3,(H,13,14);1-4,8,11H,5,10H2,(H,12,13)/t10-;8-/m00/s1. The van der Waals surface area contributed by atoms with Crippen LogP contribution in [0.25, 0.3) is 0 Å². The molecule has 0 unspecified atom stereocenters. The summed E-state index contributed by atoms with van der Waals surface area (Å²) in [5.74, 6) is -1.85. The van der Waals surface area contributed by atoms with Crippen LogP contribution in [0.3, 0.4) is 0 Å². The molecule has 2 rings (SSSR count). The van der Waals surface area contributed by atoms with Gasteiger partial charge in [0.15, 0.2) is 6.04 Å². The summed E-state index contributed by atoms with van der Waals surface area (Å²) >= 11 is 0. The number of carbonyl (C=O) groups is 2. The van der Waals surface area contributed by atoms with E-state index < -0.39 is 24.0 Å². The molecule has 9 heteroatoms. The molecule has 0 saturated carbocycles. The summed E-state index contributed by atoms with van der Waals surface area (Å²) in [4.78, 5) is 31.1. The number of hydrogen-bond donors (Lipinski definition) is 4. The highest BCUT2D eigenvalue weighted by atomic mass is 16.9. The Balaban J connectivity index is 0.000000296. The molecule has 0 amide bonds. The van der Waals surface area contributed by atoms with E-state index in [2.05, 4.69) is 0 Å². The maximum atomic E-state index is 11.1. The maximum Gasteiger partial charge on any atom is 0.326 e. The molecule has 29 heavy (non-hydrogen) atoms. The predicted octanol–water partition coefficient (Wildman–Crippen LogP) is 1.45. The molecule has 0 saturated heterocycles. The highest BCUT2D eigenvalue weighted by Crippen LogP contribution is 2.11. The minimum absolute atomic E-state index is 0.160. The molecule has 0 bridgehead atoms. The van der Waals surface area contributed by atoms with Gasteiger partial charge in [-0.05, 0) is 29.7 Å². The molecule has 0 aliphatic carbocycles. The second-order valence-electron chi connectivity index (χ2n) is 6.01. The van der Waals surface area contributed by atoms with Crippen molar-refractivity contribution in [3.8, 4) is 5.75 Å². The molecule has 0 aliphatic heterocycles. The molecule has 5 N–H and O–H groups in total. The van der Waals surface area contributed by atoms with Gasteiger partial charge in [0.2, 0.25) is 0 Å². The molecular weight excluding hydrogens is 380 g/mol. The number of carboxylic acids is 2. The van der Waals surface area contributed by atoms with Gasteiger partial charge in [0.05, 0.1) is 14.2 Å². The number of hydroxylamine groups is 2. The lowest BCUT2D eigenvalue weighted by Crippen LogP contribution is -2.41. The number of nitrogens with two attached hydrogens (primary N) is 1. The van der Waals surface area contributed by atoms with E-state index in [9.17, 15) is 9.59 Å². The van der Waals surface area contributed by atoms with Crippen molar-refractivity contribution >= 4 is 11.9 Å². The first-order chi connectivity index (χ1) is 13.8. The Labute approximate surface area is 168 Å². The fourth-order valence-electron chi connectivity index (χ4n) is 2.39. The number of phenolic OH excluding ortho intramolecular Hbond substituents is 1. The third-order valence-corrected chi connectivity index (χ3v) is 3.88. The second-order valence-corrected chi connectivity index (χ2v) is 6.01. The Kier molecular flexibility index (Phi) is 10.3. The summed E-state index contributed by atoms with van der Waals surface area (Å²) in [6.45, 7) is 0. The lowest BCUT2D eigenvalue weighted by molar-refractivity contribution is -0.359. The maximum absolute atomic E-state index is 11.1. The minimum atomic E-state index is -1.02. The topological polar surface area (TPSA) is 143 Å². The summed E-state index contributed by atoms with van der Waals surface area (Å²) in [6, 6.07) is 13.9. The van der Waals surface area contributed by atoms with E-state index in [1.807, 2.05) is 30.3 Å². The van der Waals surface area contributed by atoms with Gasteiger partial charge in [-0.2, -0.15) is 0 Å². The monoisotopic (exact) mass is 406 g/mol. The molecular formula is C20H26N2O7. The van der Waals surface area contributed by atoms with Crippen molar-refractivity contribution in [2.45, 2.75) is 24.9 Å². The van der Waals surface area contributed by atoms with E-state index >= 15 is 0 Å². The van der Waals surface area contributed by atoms with Gasteiger partial charge in [-0.3, -0.25) is 19.3 Å². The minimum Gasteiger partial charge on any atom is -0.508 e. The van der Waals surface area contributed by atoms with Gasteiger partial charge in [-0.15, -0.1) is 0 Å². The van der Waals surface area contributed by atoms with Crippen molar-refractivity contribution in [1.82, 2.24) is 5.23 Å². The third kappa shape index (κ3) is 8.71. The van der Waals surface area contributed by atoms with Crippen LogP contribution in [0.4, 0.5) is 0 Å². The van der Waals surface area contributed by atoms with Gasteiger partial charge in [-0.25, -0.2) is 0 Å². The number of phenols is 1. The predicted molar refractivity (Wildman–Crippen MR) is 105 cm³/mol. The molecule has 0 aliphatic rings. The smallest absolute Gasteiger partial charge is 0.326 e. The number of aromatic hydroxyl groups is 1. The van der Waals surface area contributed by atoms with E-state index in [1.54, 1.807) is 12.1 Å². The van der Waals surface area contributed by atoms with Gasteiger partial charge in [0.25, 0.3) is 0 Å². The van der Waals surface area contributed by atoms with E-state index in [0.29, 0.717) is 6.42 Å². The Hall–Kier alpha value is -2.98. The highest BCUT2D eigenvalue weighted by Gasteiger charge is 2.26. The van der Waals surface area contributed by atoms with Crippen LogP contribution in [0, 0.1) is 0 Å². The lowest BCUT2D eigenvalue weighted by atomic mass is 10.1. The van der Waals surface area contributed by atoms with Gasteiger partial charge in [0.1, 0.15) is 11.8 Å². The van der Waals surface area contributed by atoms with Crippen molar-refractivity contribution in [1.29, 1.82) is 0 Å². The van der Waals surface area contributed by atoms with Crippen molar-refractivity contribution < 1.29 is 34.6 Å². The zero-order chi connectivity index (χ0) is 21.8. The lowest BCUT2D eigenvalue weighted by Gasteiger charge is -2.23. The molecule has 0 radical (unpaired) electrons. The SMILES string of the molecule is CON(OC)[C@@H](Cc1ccccc1)C(=O)O.N[C@@H](Cc1ccc(O)cc1)C(=O)O. The first kappa shape index (κ1) is 24.1. The Morgan fingerprint density at radius 3 is 1.86 bits per heavy atom. The normalized spacial score (nSPS) is 12.6. The molecule has 0 heterocycles. The van der Waals surface area contributed by atoms with E-state index in [0.717, 1.165) is 16.4 Å². The summed E-state index contributed by atoms with van der Waals surface area (Å²) in [5.41, 5.74) is 7.03. The Morgan fingerprint density at radius 1 is 0.897 bits per heavy atom. The van der Waals surface area contributed by atoms with Crippen molar-refractivity contribution in [3.63, 3.8) is 0 Å². The first-order valence-electron chi connectivity index (χ1n) is 8.69. The number of nitrogens with zero attached hydrogens (tertiary/aromatic N) is 1. The van der Waals surface area contributed by atoms with Crippen LogP contribution in [0.1, 0.15) is 11.1 Å². The van der Waals surface area contributed by atoms with E-state index in [-0.39, 0.29) is 12.2 Å². The molecule has 2 aromatic rings. The van der Waals surface area contributed by atoms with Crippen molar-refractivity contribution in [2.24, 2.45) is 5.73 Å². The third-order valence-electron chi connectivity index (χ3n) is 3.88. The summed E-state index contributed by atoms with van der Waals surface area (Å²) in [5, 5.41) is 27.5. The zero-order valence-electron chi connectivity index (χ0n) is 16.3. The molecule has 158 valence electrons. The summed E-state index contributed by atoms with van der Waals surface area (Å²) in [6.07, 6.45) is 0.591. The zero-order valence-corrected chi connectivity index (χ0v) is 16.3. The molecule has 2 aromatic carbocycles. The van der Waals surface area contributed by atoms with E-state index in [1.165, 1.54) is 26.4 Å². The Bertz CT molecular complexity index is 749. The van der Waals surface area contributed by atoms with Crippen molar-refractivity contribution in [3.05, 3.63) is 65.7 Å². The Morgan fingerprint density at radius 2 is 1.41 bits per heavy atom. The highest BCUT2D eigenvalue weighted by molar-refractivity contribution is 5.74. The average Bonchev–Trinajstić information content (AvgIpc) is 2.71. The number of aliphatic carboxylic acids is 2. The van der Waals surface area contributed by atoms with Crippen LogP contribution in [-0.4, -0.2) is 58.8 Å². The second kappa shape index (κ2) is 12.5. The van der Waals surface area contributed by atoms with Crippen LogP contribution in [-0.2, 0) is 32.1 Å². The quantitative estimate of drug-likeness (QED) is 0.455. The van der Waals surface area contributed by atoms with Crippen LogP contribution in [0.15, 0.2) is 54.6 Å². The number of benzene rings is 2. The number of rotatable bonds is 9. The van der Waals surface area contributed by atoms with Crippen LogP contribution < -0.4 is 5.73 Å². The molecule has 0 spiro atoms. The molecule has 2 atom stereocenters. The molecule has 0 fully saturated rings. The van der Waals surface area contributed by atoms with Crippen molar-refractivity contribution in [2.75, 3.05) is 14.2 Å². The number of hydrogen-bond acceptors (Lipinski definition) is 7. The largest absolute Gasteiger partial charge is 0.508 e. The van der Waals surface area contributed by atoms with Crippen LogP contribution in [0.5, 0.6) is 5.75 Å². The van der Waals surface area contributed by atoms with Gasteiger partial charge >= 0.3 is 11.9 Å². The fraction of sp³-hybridized carbons (Fsp3) is 0.300. The average molecular weight is 406 g/mol. The van der Waals surface area contributed by atoms with Crippen LogP contribution in [0.2, 0.25) is 0 Å². The van der Waals surface area contributed by atoms with E-state index in [4.69, 9.17) is 30.7 Å². The van der Waals surface area contributed by atoms with Crippen LogP contribution >= 0.6 is 0 Å². The molecule has 0 aromatic heterocycles. The van der Waals surface area contributed by atoms with Gasteiger partial charge < -0.3 is 21.1 Å².